The normalized spacial score (nSPS) is 23.4. The fraction of sp³-hybridized carbons (Fsp3) is 0.533. The first-order chi connectivity index (χ1) is 9.97. The first-order valence-electron chi connectivity index (χ1n) is 7.15. The second-order valence-corrected chi connectivity index (χ2v) is 5.74. The Balaban J connectivity index is 1.98. The number of rotatable bonds is 3. The number of urea groups is 1. The van der Waals surface area contributed by atoms with Gasteiger partial charge in [-0.2, -0.15) is 0 Å². The lowest BCUT2D eigenvalue weighted by atomic mass is 9.91. The number of likely N-dealkylation sites (tertiary alicyclic amines) is 1. The van der Waals surface area contributed by atoms with Crippen LogP contribution < -0.4 is 5.32 Å². The Morgan fingerprint density at radius 2 is 2.24 bits per heavy atom. The highest BCUT2D eigenvalue weighted by Crippen LogP contribution is 2.22. The predicted molar refractivity (Wildman–Crippen MR) is 77.7 cm³/mol. The van der Waals surface area contributed by atoms with E-state index in [1.54, 1.807) is 17.3 Å². The number of hydrogen-bond acceptors (Lipinski definition) is 3. The van der Waals surface area contributed by atoms with Crippen molar-refractivity contribution in [3.8, 4) is 0 Å². The Bertz CT molecular complexity index is 506. The van der Waals surface area contributed by atoms with E-state index in [0.29, 0.717) is 13.0 Å². The first-order valence-corrected chi connectivity index (χ1v) is 7.15. The molecular weight excluding hydrogens is 270 g/mol. The number of carboxylic acids is 1. The molecule has 2 N–H and O–H groups in total. The average Bonchev–Trinajstić information content (AvgIpc) is 2.47. The van der Waals surface area contributed by atoms with Crippen LogP contribution in [0.2, 0.25) is 0 Å². The van der Waals surface area contributed by atoms with E-state index >= 15 is 0 Å². The monoisotopic (exact) mass is 291 g/mol. The van der Waals surface area contributed by atoms with Gasteiger partial charge in [0.25, 0.3) is 0 Å². The minimum atomic E-state index is -0.834. The molecule has 0 aromatic carbocycles. The van der Waals surface area contributed by atoms with Gasteiger partial charge in [0.2, 0.25) is 0 Å². The number of aromatic nitrogens is 1. The van der Waals surface area contributed by atoms with Gasteiger partial charge in [0, 0.05) is 25.5 Å². The number of amides is 2. The lowest BCUT2D eigenvalue weighted by molar-refractivity contribution is -0.143. The van der Waals surface area contributed by atoms with E-state index in [1.165, 1.54) is 0 Å². The van der Waals surface area contributed by atoms with Crippen molar-refractivity contribution in [3.05, 3.63) is 30.1 Å². The van der Waals surface area contributed by atoms with Gasteiger partial charge in [-0.3, -0.25) is 9.78 Å². The van der Waals surface area contributed by atoms with Crippen LogP contribution in [-0.2, 0) is 4.79 Å². The lowest BCUT2D eigenvalue weighted by Crippen LogP contribution is -2.49. The molecule has 2 heterocycles. The highest BCUT2D eigenvalue weighted by Gasteiger charge is 2.32. The SMILES string of the molecule is CC1CC(C(=O)O)CN(C(=O)NC(C)c2cccnc2)C1. The van der Waals surface area contributed by atoms with Gasteiger partial charge in [-0.15, -0.1) is 0 Å². The van der Waals surface area contributed by atoms with E-state index in [0.717, 1.165) is 5.56 Å². The van der Waals surface area contributed by atoms with Gasteiger partial charge >= 0.3 is 12.0 Å². The molecule has 0 saturated carbocycles. The van der Waals surface area contributed by atoms with Crippen LogP contribution in [0, 0.1) is 11.8 Å². The molecule has 21 heavy (non-hydrogen) atoms. The molecule has 0 bridgehead atoms. The number of nitrogens with zero attached hydrogens (tertiary/aromatic N) is 2. The van der Waals surface area contributed by atoms with Crippen molar-refractivity contribution in [1.82, 2.24) is 15.2 Å². The minimum absolute atomic E-state index is 0.160. The zero-order valence-electron chi connectivity index (χ0n) is 12.3. The Morgan fingerprint density at radius 3 is 2.86 bits per heavy atom. The molecule has 1 aromatic rings. The second-order valence-electron chi connectivity index (χ2n) is 5.74. The Labute approximate surface area is 124 Å². The standard InChI is InChI=1S/C15H21N3O3/c1-10-6-13(14(19)20)9-18(8-10)15(21)17-11(2)12-4-3-5-16-7-12/h3-5,7,10-11,13H,6,8-9H2,1-2H3,(H,17,21)(H,19,20). The van der Waals surface area contributed by atoms with Crippen LogP contribution in [0.15, 0.2) is 24.5 Å². The zero-order valence-corrected chi connectivity index (χ0v) is 12.3. The van der Waals surface area contributed by atoms with Crippen molar-refractivity contribution in [1.29, 1.82) is 0 Å². The molecule has 3 atom stereocenters. The lowest BCUT2D eigenvalue weighted by Gasteiger charge is -2.35. The summed E-state index contributed by atoms with van der Waals surface area (Å²) in [6.45, 7) is 4.72. The predicted octanol–water partition coefficient (Wildman–Crippen LogP) is 1.89. The number of carbonyl (C=O) groups excluding carboxylic acids is 1. The summed E-state index contributed by atoms with van der Waals surface area (Å²) >= 11 is 0. The van der Waals surface area contributed by atoms with E-state index in [9.17, 15) is 9.59 Å². The van der Waals surface area contributed by atoms with Crippen LogP contribution in [0.4, 0.5) is 4.79 Å². The molecule has 2 rings (SSSR count). The molecule has 0 spiro atoms. The quantitative estimate of drug-likeness (QED) is 0.891. The van der Waals surface area contributed by atoms with Crippen LogP contribution in [-0.4, -0.2) is 40.1 Å². The number of carbonyl (C=O) groups is 2. The largest absolute Gasteiger partial charge is 0.481 e. The fourth-order valence-electron chi connectivity index (χ4n) is 2.69. The van der Waals surface area contributed by atoms with Crippen LogP contribution >= 0.6 is 0 Å². The van der Waals surface area contributed by atoms with E-state index in [1.807, 2.05) is 26.0 Å². The molecule has 1 fully saturated rings. The molecule has 0 radical (unpaired) electrons. The molecule has 0 aliphatic carbocycles. The summed E-state index contributed by atoms with van der Waals surface area (Å²) in [6, 6.07) is 3.34. The average molecular weight is 291 g/mol. The van der Waals surface area contributed by atoms with Gasteiger partial charge in [-0.25, -0.2) is 4.79 Å². The fourth-order valence-corrected chi connectivity index (χ4v) is 2.69. The van der Waals surface area contributed by atoms with E-state index in [2.05, 4.69) is 10.3 Å². The molecule has 1 saturated heterocycles. The van der Waals surface area contributed by atoms with Crippen molar-refractivity contribution >= 4 is 12.0 Å². The van der Waals surface area contributed by atoms with Crippen LogP contribution in [0.25, 0.3) is 0 Å². The first kappa shape index (κ1) is 15.3. The molecule has 3 unspecified atom stereocenters. The molecule has 1 aliphatic heterocycles. The summed E-state index contributed by atoms with van der Waals surface area (Å²) in [5, 5.41) is 12.0. The second kappa shape index (κ2) is 6.56. The van der Waals surface area contributed by atoms with Gasteiger partial charge in [-0.05, 0) is 30.9 Å². The molecule has 114 valence electrons. The highest BCUT2D eigenvalue weighted by atomic mass is 16.4. The summed E-state index contributed by atoms with van der Waals surface area (Å²) in [5.41, 5.74) is 0.922. The summed E-state index contributed by atoms with van der Waals surface area (Å²) in [4.78, 5) is 29.1. The van der Waals surface area contributed by atoms with Gasteiger partial charge in [0.05, 0.1) is 12.0 Å². The van der Waals surface area contributed by atoms with Crippen molar-refractivity contribution in [2.75, 3.05) is 13.1 Å². The summed E-state index contributed by atoms with van der Waals surface area (Å²) in [7, 11) is 0. The molecule has 1 aromatic heterocycles. The molecule has 6 heteroatoms. The number of nitrogens with one attached hydrogen (secondary N) is 1. The Morgan fingerprint density at radius 1 is 1.48 bits per heavy atom. The smallest absolute Gasteiger partial charge is 0.317 e. The van der Waals surface area contributed by atoms with Crippen LogP contribution in [0.1, 0.15) is 31.9 Å². The summed E-state index contributed by atoms with van der Waals surface area (Å²) < 4.78 is 0. The minimum Gasteiger partial charge on any atom is -0.481 e. The third-order valence-corrected chi connectivity index (χ3v) is 3.82. The van der Waals surface area contributed by atoms with Gasteiger partial charge in [0.1, 0.15) is 0 Å². The zero-order chi connectivity index (χ0) is 15.4. The third-order valence-electron chi connectivity index (χ3n) is 3.82. The number of aliphatic carboxylic acids is 1. The van der Waals surface area contributed by atoms with Gasteiger partial charge in [0.15, 0.2) is 0 Å². The van der Waals surface area contributed by atoms with Crippen molar-refractivity contribution in [2.24, 2.45) is 11.8 Å². The van der Waals surface area contributed by atoms with Crippen molar-refractivity contribution < 1.29 is 14.7 Å². The summed E-state index contributed by atoms with van der Waals surface area (Å²) in [6.07, 6.45) is 4.02. The van der Waals surface area contributed by atoms with E-state index in [-0.39, 0.29) is 24.5 Å². The molecule has 1 aliphatic rings. The Kier molecular flexibility index (Phi) is 4.77. The maximum absolute atomic E-state index is 12.3. The highest BCUT2D eigenvalue weighted by molar-refractivity contribution is 5.77. The van der Waals surface area contributed by atoms with Gasteiger partial charge < -0.3 is 15.3 Å². The maximum Gasteiger partial charge on any atom is 0.317 e. The maximum atomic E-state index is 12.3. The Hall–Kier alpha value is -2.11. The number of carboxylic acid groups (broad SMARTS) is 1. The molecule has 2 amide bonds. The molecular formula is C15H21N3O3. The number of piperidine rings is 1. The number of pyridine rings is 1. The van der Waals surface area contributed by atoms with Crippen LogP contribution in [0.3, 0.4) is 0 Å². The molecule has 6 nitrogen and oxygen atoms in total. The van der Waals surface area contributed by atoms with E-state index < -0.39 is 11.9 Å². The van der Waals surface area contributed by atoms with Crippen molar-refractivity contribution in [2.45, 2.75) is 26.3 Å². The van der Waals surface area contributed by atoms with E-state index in [4.69, 9.17) is 5.11 Å². The number of hydrogen-bond donors (Lipinski definition) is 2. The van der Waals surface area contributed by atoms with Crippen molar-refractivity contribution in [3.63, 3.8) is 0 Å². The summed E-state index contributed by atoms with van der Waals surface area (Å²) in [5.74, 6) is -1.12. The third kappa shape index (κ3) is 3.93. The topological polar surface area (TPSA) is 82.5 Å². The van der Waals surface area contributed by atoms with Crippen LogP contribution in [0.5, 0.6) is 0 Å². The van der Waals surface area contributed by atoms with Gasteiger partial charge in [-0.1, -0.05) is 13.0 Å².